The highest BCUT2D eigenvalue weighted by Gasteiger charge is 2.26. The molecule has 1 aliphatic heterocycles. The van der Waals surface area contributed by atoms with E-state index in [1.807, 2.05) is 0 Å². The fourth-order valence-electron chi connectivity index (χ4n) is 5.01. The molecule has 0 amide bonds. The molecular formula is C24H35F2N5O2S. The van der Waals surface area contributed by atoms with Crippen molar-refractivity contribution in [2.45, 2.75) is 70.6 Å². The molecule has 0 bridgehead atoms. The van der Waals surface area contributed by atoms with E-state index in [4.69, 9.17) is 4.74 Å². The number of ketones is 1. The van der Waals surface area contributed by atoms with Gasteiger partial charge in [-0.05, 0) is 44.1 Å². The number of alkyl halides is 2. The summed E-state index contributed by atoms with van der Waals surface area (Å²) in [5, 5.41) is 8.61. The summed E-state index contributed by atoms with van der Waals surface area (Å²) in [7, 11) is 1.77. The molecular weight excluding hydrogens is 460 g/mol. The van der Waals surface area contributed by atoms with Crippen LogP contribution in [-0.4, -0.2) is 62.8 Å². The average molecular weight is 496 g/mol. The van der Waals surface area contributed by atoms with Gasteiger partial charge in [-0.25, -0.2) is 13.8 Å². The van der Waals surface area contributed by atoms with E-state index >= 15 is 0 Å². The molecule has 0 spiro atoms. The molecule has 10 heteroatoms. The largest absolute Gasteiger partial charge is 0.464 e. The van der Waals surface area contributed by atoms with E-state index < -0.39 is 12.5 Å². The highest BCUT2D eigenvalue weighted by atomic mass is 32.1. The number of halogens is 2. The third kappa shape index (κ3) is 7.53. The number of aromatic nitrogens is 4. The molecule has 7 nitrogen and oxygen atoms in total. The summed E-state index contributed by atoms with van der Waals surface area (Å²) in [4.78, 5) is 22.0. The van der Waals surface area contributed by atoms with E-state index in [1.54, 1.807) is 13.2 Å². The zero-order valence-electron chi connectivity index (χ0n) is 20.1. The van der Waals surface area contributed by atoms with Crippen LogP contribution in [0.25, 0.3) is 0 Å². The number of rotatable bonds is 10. The number of ether oxygens (including phenoxy) is 1. The molecule has 2 aromatic rings. The molecule has 0 aromatic carbocycles. The van der Waals surface area contributed by atoms with Gasteiger partial charge in [-0.15, -0.1) is 0 Å². The van der Waals surface area contributed by atoms with Gasteiger partial charge in [0.15, 0.2) is 6.61 Å². The molecule has 2 aromatic heterocycles. The summed E-state index contributed by atoms with van der Waals surface area (Å²) in [5.74, 6) is -1.33. The minimum Gasteiger partial charge on any atom is -0.464 e. The molecule has 34 heavy (non-hydrogen) atoms. The van der Waals surface area contributed by atoms with Gasteiger partial charge >= 0.3 is 0 Å². The highest BCUT2D eigenvalue weighted by molar-refractivity contribution is 7.13. The topological polar surface area (TPSA) is 73.1 Å². The molecule has 188 valence electrons. The Labute approximate surface area is 203 Å². The van der Waals surface area contributed by atoms with Crippen LogP contribution >= 0.6 is 11.3 Å². The van der Waals surface area contributed by atoms with Crippen molar-refractivity contribution in [2.75, 3.05) is 26.2 Å². The maximum absolute atomic E-state index is 13.0. The SMILES string of the molecule is Cn1ncc(CC(=O)CC2CCC(CCN3CCc4nc(OCC(C)(F)F)sc4CC3)CC2)n1. The van der Waals surface area contributed by atoms with Crippen LogP contribution in [-0.2, 0) is 31.1 Å². The molecule has 2 aliphatic rings. The van der Waals surface area contributed by atoms with Crippen molar-refractivity contribution in [3.8, 4) is 5.19 Å². The fourth-order valence-corrected chi connectivity index (χ4v) is 5.96. The number of nitrogens with zero attached hydrogens (tertiary/aromatic N) is 5. The molecule has 0 atom stereocenters. The van der Waals surface area contributed by atoms with Crippen LogP contribution in [0.4, 0.5) is 8.78 Å². The monoisotopic (exact) mass is 495 g/mol. The normalized spacial score (nSPS) is 21.8. The number of hydrogen-bond acceptors (Lipinski definition) is 7. The van der Waals surface area contributed by atoms with E-state index in [1.165, 1.54) is 40.3 Å². The van der Waals surface area contributed by atoms with Crippen molar-refractivity contribution in [3.05, 3.63) is 22.5 Å². The van der Waals surface area contributed by atoms with Crippen LogP contribution in [0.1, 0.15) is 61.7 Å². The van der Waals surface area contributed by atoms with Crippen LogP contribution < -0.4 is 4.74 Å². The third-order valence-electron chi connectivity index (χ3n) is 6.89. The number of fused-ring (bicyclic) bond motifs is 1. The molecule has 3 heterocycles. The zero-order chi connectivity index (χ0) is 24.1. The Morgan fingerprint density at radius 3 is 2.65 bits per heavy atom. The number of carbonyl (C=O) groups excluding carboxylic acids is 1. The van der Waals surface area contributed by atoms with Gasteiger partial charge in [-0.2, -0.15) is 15.0 Å². The first kappa shape index (κ1) is 25.2. The quantitative estimate of drug-likeness (QED) is 0.494. The van der Waals surface area contributed by atoms with Gasteiger partial charge in [0, 0.05) is 44.8 Å². The smallest absolute Gasteiger partial charge is 0.278 e. The number of Topliss-reactive ketones (excluding diaryl/α,β-unsaturated/α-hetero) is 1. The number of aryl methyl sites for hydroxylation is 1. The van der Waals surface area contributed by atoms with E-state index in [9.17, 15) is 13.6 Å². The fraction of sp³-hybridized carbons (Fsp3) is 0.750. The van der Waals surface area contributed by atoms with E-state index in [0.717, 1.165) is 69.5 Å². The second-order valence-electron chi connectivity index (χ2n) is 9.97. The second-order valence-corrected chi connectivity index (χ2v) is 11.0. The lowest BCUT2D eigenvalue weighted by molar-refractivity contribution is -0.119. The second kappa shape index (κ2) is 11.2. The van der Waals surface area contributed by atoms with Gasteiger partial charge in [-0.1, -0.05) is 24.2 Å². The zero-order valence-corrected chi connectivity index (χ0v) is 21.0. The maximum Gasteiger partial charge on any atom is 0.278 e. The van der Waals surface area contributed by atoms with Gasteiger partial charge in [0.1, 0.15) is 5.78 Å². The number of carbonyl (C=O) groups is 1. The molecule has 1 saturated carbocycles. The van der Waals surface area contributed by atoms with Gasteiger partial charge in [-0.3, -0.25) is 4.79 Å². The van der Waals surface area contributed by atoms with Crippen molar-refractivity contribution in [3.63, 3.8) is 0 Å². The van der Waals surface area contributed by atoms with Crippen molar-refractivity contribution >= 4 is 17.1 Å². The molecule has 1 fully saturated rings. The third-order valence-corrected chi connectivity index (χ3v) is 7.96. The van der Waals surface area contributed by atoms with E-state index in [0.29, 0.717) is 24.0 Å². The van der Waals surface area contributed by atoms with Crippen molar-refractivity contribution in [2.24, 2.45) is 18.9 Å². The van der Waals surface area contributed by atoms with Gasteiger partial charge in [0.05, 0.1) is 24.0 Å². The van der Waals surface area contributed by atoms with Gasteiger partial charge in [0.25, 0.3) is 11.1 Å². The Hall–Kier alpha value is -1.94. The van der Waals surface area contributed by atoms with Crippen LogP contribution in [0, 0.1) is 11.8 Å². The highest BCUT2D eigenvalue weighted by Crippen LogP contribution is 2.34. The Balaban J connectivity index is 1.13. The summed E-state index contributed by atoms with van der Waals surface area (Å²) in [5.41, 5.74) is 1.77. The minimum atomic E-state index is -2.84. The lowest BCUT2D eigenvalue weighted by atomic mass is 9.78. The summed E-state index contributed by atoms with van der Waals surface area (Å²) >= 11 is 1.41. The lowest BCUT2D eigenvalue weighted by Gasteiger charge is -2.30. The Bertz CT molecular complexity index is 924. The summed E-state index contributed by atoms with van der Waals surface area (Å²) in [6.07, 6.45) is 10.3. The maximum atomic E-state index is 13.0. The molecule has 0 unspecified atom stereocenters. The minimum absolute atomic E-state index is 0.270. The van der Waals surface area contributed by atoms with E-state index in [2.05, 4.69) is 20.1 Å². The first-order valence-electron chi connectivity index (χ1n) is 12.3. The van der Waals surface area contributed by atoms with Crippen molar-refractivity contribution in [1.29, 1.82) is 0 Å². The Morgan fingerprint density at radius 1 is 1.21 bits per heavy atom. The molecule has 4 rings (SSSR count). The van der Waals surface area contributed by atoms with Crippen LogP contribution in [0.2, 0.25) is 0 Å². The predicted octanol–water partition coefficient (Wildman–Crippen LogP) is 4.10. The van der Waals surface area contributed by atoms with Crippen LogP contribution in [0.5, 0.6) is 5.19 Å². The molecule has 0 saturated heterocycles. The number of hydrogen-bond donors (Lipinski definition) is 0. The van der Waals surface area contributed by atoms with Crippen LogP contribution in [0.15, 0.2) is 6.20 Å². The van der Waals surface area contributed by atoms with Gasteiger partial charge in [0.2, 0.25) is 0 Å². The lowest BCUT2D eigenvalue weighted by Crippen LogP contribution is -2.30. The first-order chi connectivity index (χ1) is 16.2. The molecule has 0 radical (unpaired) electrons. The van der Waals surface area contributed by atoms with E-state index in [-0.39, 0.29) is 5.78 Å². The molecule has 1 aliphatic carbocycles. The summed E-state index contributed by atoms with van der Waals surface area (Å²) in [6.45, 7) is 3.25. The standard InChI is InChI=1S/C24H35F2N5O2S/c1-24(25,26)16-33-23-28-21-8-11-31(12-9-22(21)34-23)10-7-17-3-5-18(6-4-17)13-20(32)14-19-15-27-30(2)29-19/h15,17-18H,3-14,16H2,1-2H3. The Morgan fingerprint density at radius 2 is 1.94 bits per heavy atom. The van der Waals surface area contributed by atoms with Crippen molar-refractivity contribution in [1.82, 2.24) is 24.9 Å². The predicted molar refractivity (Wildman–Crippen MR) is 126 cm³/mol. The summed E-state index contributed by atoms with van der Waals surface area (Å²) in [6, 6.07) is 0. The van der Waals surface area contributed by atoms with Crippen LogP contribution in [0.3, 0.4) is 0 Å². The average Bonchev–Trinajstić information content (AvgIpc) is 3.32. The van der Waals surface area contributed by atoms with Gasteiger partial charge < -0.3 is 9.64 Å². The molecule has 0 N–H and O–H groups in total. The Kier molecular flexibility index (Phi) is 8.29. The first-order valence-corrected chi connectivity index (χ1v) is 13.1. The summed E-state index contributed by atoms with van der Waals surface area (Å²) < 4.78 is 31.3. The number of thiazole rings is 1. The van der Waals surface area contributed by atoms with Crippen molar-refractivity contribution < 1.29 is 18.3 Å².